The number of hydrogen-bond acceptors (Lipinski definition) is 3. The minimum absolute atomic E-state index is 0.154. The van der Waals surface area contributed by atoms with Gasteiger partial charge in [0.2, 0.25) is 0 Å². The number of rotatable bonds is 6. The van der Waals surface area contributed by atoms with Crippen molar-refractivity contribution in [2.75, 3.05) is 25.1 Å². The largest absolute Gasteiger partial charge is 0.469 e. The number of urea groups is 1. The van der Waals surface area contributed by atoms with Gasteiger partial charge in [0.15, 0.2) is 0 Å². The van der Waals surface area contributed by atoms with Crippen molar-refractivity contribution in [3.8, 4) is 0 Å². The van der Waals surface area contributed by atoms with E-state index >= 15 is 0 Å². The van der Waals surface area contributed by atoms with Crippen molar-refractivity contribution >= 4 is 17.7 Å². The van der Waals surface area contributed by atoms with Crippen LogP contribution in [0, 0.1) is 0 Å². The van der Waals surface area contributed by atoms with Crippen molar-refractivity contribution < 1.29 is 14.3 Å². The van der Waals surface area contributed by atoms with E-state index in [1.807, 2.05) is 37.3 Å². The topological polar surface area (TPSA) is 58.6 Å². The lowest BCUT2D eigenvalue weighted by Crippen LogP contribution is -2.40. The lowest BCUT2D eigenvalue weighted by molar-refractivity contribution is -0.140. The number of ether oxygens (including phenoxy) is 1. The standard InChI is InChI=1S/C14H20N2O3/c1-3-16(12-8-5-4-6-9-12)14(18)15-11-7-10-13(17)19-2/h4-6,8-9H,3,7,10-11H2,1-2H3,(H,15,18). The van der Waals surface area contributed by atoms with Gasteiger partial charge >= 0.3 is 12.0 Å². The summed E-state index contributed by atoms with van der Waals surface area (Å²) in [6.45, 7) is 2.96. The maximum absolute atomic E-state index is 12.0. The predicted molar refractivity (Wildman–Crippen MR) is 74.1 cm³/mol. The second kappa shape index (κ2) is 8.13. The van der Waals surface area contributed by atoms with Gasteiger partial charge < -0.3 is 10.1 Å². The van der Waals surface area contributed by atoms with Gasteiger partial charge in [0.1, 0.15) is 0 Å². The van der Waals surface area contributed by atoms with Gasteiger partial charge in [-0.1, -0.05) is 18.2 Å². The van der Waals surface area contributed by atoms with Crippen LogP contribution in [0.2, 0.25) is 0 Å². The average Bonchev–Trinajstić information content (AvgIpc) is 2.45. The number of nitrogens with zero attached hydrogens (tertiary/aromatic N) is 1. The lowest BCUT2D eigenvalue weighted by atomic mass is 10.3. The molecule has 0 heterocycles. The smallest absolute Gasteiger partial charge is 0.321 e. The summed E-state index contributed by atoms with van der Waals surface area (Å²) in [5.41, 5.74) is 0.857. The summed E-state index contributed by atoms with van der Waals surface area (Å²) in [6, 6.07) is 9.31. The number of methoxy groups -OCH3 is 1. The number of esters is 1. The first kappa shape index (κ1) is 15.0. The molecule has 0 aromatic heterocycles. The predicted octanol–water partition coefficient (Wildman–Crippen LogP) is 2.18. The molecule has 0 radical (unpaired) electrons. The second-order valence-corrected chi connectivity index (χ2v) is 3.99. The monoisotopic (exact) mass is 264 g/mol. The Balaban J connectivity index is 2.41. The fourth-order valence-electron chi connectivity index (χ4n) is 1.68. The summed E-state index contributed by atoms with van der Waals surface area (Å²) in [5.74, 6) is -0.260. The third kappa shape index (κ3) is 4.99. The highest BCUT2D eigenvalue weighted by atomic mass is 16.5. The molecule has 104 valence electrons. The maximum atomic E-state index is 12.0. The van der Waals surface area contributed by atoms with E-state index in [2.05, 4.69) is 10.1 Å². The zero-order chi connectivity index (χ0) is 14.1. The number of amides is 2. The van der Waals surface area contributed by atoms with Crippen LogP contribution in [0.25, 0.3) is 0 Å². The molecular weight excluding hydrogens is 244 g/mol. The molecule has 0 bridgehead atoms. The Bertz CT molecular complexity index is 406. The number of para-hydroxylation sites is 1. The molecule has 0 spiro atoms. The van der Waals surface area contributed by atoms with E-state index in [1.165, 1.54) is 7.11 Å². The SMILES string of the molecule is CCN(C(=O)NCCCC(=O)OC)c1ccccc1. The molecule has 5 heteroatoms. The molecular formula is C14H20N2O3. The molecule has 0 fully saturated rings. The van der Waals surface area contributed by atoms with Gasteiger partial charge in [-0.25, -0.2) is 4.79 Å². The third-order valence-electron chi connectivity index (χ3n) is 2.69. The Hall–Kier alpha value is -2.04. The normalized spacial score (nSPS) is 9.79. The van der Waals surface area contributed by atoms with Crippen molar-refractivity contribution in [3.05, 3.63) is 30.3 Å². The van der Waals surface area contributed by atoms with Crippen LogP contribution in [0.1, 0.15) is 19.8 Å². The fourth-order valence-corrected chi connectivity index (χ4v) is 1.68. The average molecular weight is 264 g/mol. The molecule has 0 atom stereocenters. The Morgan fingerprint density at radius 1 is 1.26 bits per heavy atom. The van der Waals surface area contributed by atoms with Gasteiger partial charge in [0.25, 0.3) is 0 Å². The van der Waals surface area contributed by atoms with Gasteiger partial charge in [-0.05, 0) is 25.5 Å². The van der Waals surface area contributed by atoms with Gasteiger partial charge in [0, 0.05) is 25.2 Å². The molecule has 0 saturated carbocycles. The first-order chi connectivity index (χ1) is 9.19. The Morgan fingerprint density at radius 3 is 2.53 bits per heavy atom. The highest BCUT2D eigenvalue weighted by Gasteiger charge is 2.12. The zero-order valence-electron chi connectivity index (χ0n) is 11.4. The van der Waals surface area contributed by atoms with Crippen LogP contribution < -0.4 is 10.2 Å². The number of benzene rings is 1. The van der Waals surface area contributed by atoms with E-state index in [0.717, 1.165) is 5.69 Å². The van der Waals surface area contributed by atoms with Crippen LogP contribution in [-0.2, 0) is 9.53 Å². The molecule has 0 saturated heterocycles. The highest BCUT2D eigenvalue weighted by Crippen LogP contribution is 2.12. The fraction of sp³-hybridized carbons (Fsp3) is 0.429. The molecule has 2 amide bonds. The molecule has 0 aliphatic carbocycles. The number of hydrogen-bond donors (Lipinski definition) is 1. The van der Waals surface area contributed by atoms with Crippen LogP contribution >= 0.6 is 0 Å². The van der Waals surface area contributed by atoms with Crippen molar-refractivity contribution in [1.29, 1.82) is 0 Å². The van der Waals surface area contributed by atoms with Gasteiger partial charge in [-0.2, -0.15) is 0 Å². The van der Waals surface area contributed by atoms with Crippen molar-refractivity contribution in [1.82, 2.24) is 5.32 Å². The Kier molecular flexibility index (Phi) is 6.43. The highest BCUT2D eigenvalue weighted by molar-refractivity contribution is 5.91. The number of carbonyl (C=O) groups excluding carboxylic acids is 2. The molecule has 19 heavy (non-hydrogen) atoms. The van der Waals surface area contributed by atoms with E-state index in [1.54, 1.807) is 4.90 Å². The Labute approximate surface area is 113 Å². The molecule has 0 aliphatic rings. The summed E-state index contributed by atoms with van der Waals surface area (Å²) in [5, 5.41) is 2.79. The van der Waals surface area contributed by atoms with E-state index in [9.17, 15) is 9.59 Å². The van der Waals surface area contributed by atoms with E-state index < -0.39 is 0 Å². The van der Waals surface area contributed by atoms with Gasteiger partial charge in [-0.3, -0.25) is 9.69 Å². The van der Waals surface area contributed by atoms with Gasteiger partial charge in [-0.15, -0.1) is 0 Å². The number of anilines is 1. The van der Waals surface area contributed by atoms with Crippen molar-refractivity contribution in [3.63, 3.8) is 0 Å². The zero-order valence-corrected chi connectivity index (χ0v) is 11.4. The van der Waals surface area contributed by atoms with Gasteiger partial charge in [0.05, 0.1) is 7.11 Å². The summed E-state index contributed by atoms with van der Waals surface area (Å²) >= 11 is 0. The number of nitrogens with one attached hydrogen (secondary N) is 1. The summed E-state index contributed by atoms with van der Waals surface area (Å²) in [7, 11) is 1.36. The minimum atomic E-state index is -0.260. The van der Waals surface area contributed by atoms with Crippen LogP contribution in [0.4, 0.5) is 10.5 Å². The van der Waals surface area contributed by atoms with E-state index in [4.69, 9.17) is 0 Å². The lowest BCUT2D eigenvalue weighted by Gasteiger charge is -2.21. The minimum Gasteiger partial charge on any atom is -0.469 e. The second-order valence-electron chi connectivity index (χ2n) is 3.99. The molecule has 1 aromatic rings. The van der Waals surface area contributed by atoms with Crippen LogP contribution in [0.3, 0.4) is 0 Å². The maximum Gasteiger partial charge on any atom is 0.321 e. The first-order valence-corrected chi connectivity index (χ1v) is 6.36. The first-order valence-electron chi connectivity index (χ1n) is 6.36. The molecule has 0 unspecified atom stereocenters. The van der Waals surface area contributed by atoms with Crippen LogP contribution in [0.15, 0.2) is 30.3 Å². The summed E-state index contributed by atoms with van der Waals surface area (Å²) in [6.07, 6.45) is 0.888. The number of carbonyl (C=O) groups is 2. The van der Waals surface area contributed by atoms with Crippen LogP contribution in [0.5, 0.6) is 0 Å². The van der Waals surface area contributed by atoms with E-state index in [0.29, 0.717) is 25.9 Å². The van der Waals surface area contributed by atoms with Crippen LogP contribution in [-0.4, -0.2) is 32.2 Å². The Morgan fingerprint density at radius 2 is 1.95 bits per heavy atom. The van der Waals surface area contributed by atoms with Crippen molar-refractivity contribution in [2.45, 2.75) is 19.8 Å². The molecule has 0 aliphatic heterocycles. The summed E-state index contributed by atoms with van der Waals surface area (Å²) < 4.78 is 4.53. The molecule has 1 rings (SSSR count). The van der Waals surface area contributed by atoms with E-state index in [-0.39, 0.29) is 12.0 Å². The molecule has 1 N–H and O–H groups in total. The van der Waals surface area contributed by atoms with Crippen molar-refractivity contribution in [2.24, 2.45) is 0 Å². The quantitative estimate of drug-likeness (QED) is 0.633. The molecule has 5 nitrogen and oxygen atoms in total. The molecule has 1 aromatic carbocycles. The summed E-state index contributed by atoms with van der Waals surface area (Å²) in [4.78, 5) is 24.6. The third-order valence-corrected chi connectivity index (χ3v) is 2.69.